The fraction of sp³-hybridized carbons (Fsp3) is 0.143. The minimum Gasteiger partial charge on any atom is -0.482 e. The lowest BCUT2D eigenvalue weighted by Gasteiger charge is -2.04. The van der Waals surface area contributed by atoms with Crippen molar-refractivity contribution in [1.82, 2.24) is 20.1 Å². The van der Waals surface area contributed by atoms with Crippen LogP contribution in [0.3, 0.4) is 0 Å². The lowest BCUT2D eigenvalue weighted by molar-refractivity contribution is 0.221. The number of hydrogen-bond acceptors (Lipinski definition) is 7. The van der Waals surface area contributed by atoms with Crippen LogP contribution in [0, 0.1) is 0 Å². The molecule has 0 fully saturated rings. The van der Waals surface area contributed by atoms with Gasteiger partial charge in [0.15, 0.2) is 17.6 Å². The summed E-state index contributed by atoms with van der Waals surface area (Å²) >= 11 is 0. The number of rotatable bonds is 2. The molecule has 1 unspecified atom stereocenters. The molecule has 0 radical (unpaired) electrons. The molecular weight excluding hydrogens is 270 g/mol. The van der Waals surface area contributed by atoms with E-state index in [1.807, 2.05) is 24.3 Å². The van der Waals surface area contributed by atoms with Crippen molar-refractivity contribution in [3.8, 4) is 17.3 Å². The van der Waals surface area contributed by atoms with Crippen LogP contribution in [0.4, 0.5) is 5.82 Å². The van der Waals surface area contributed by atoms with Gasteiger partial charge in [-0.2, -0.15) is 4.98 Å². The molecule has 0 saturated heterocycles. The van der Waals surface area contributed by atoms with E-state index in [1.54, 1.807) is 0 Å². The first-order valence-electron chi connectivity index (χ1n) is 6.46. The van der Waals surface area contributed by atoms with E-state index in [1.165, 1.54) is 12.4 Å². The molecule has 2 N–H and O–H groups in total. The maximum atomic E-state index is 5.82. The molecular formula is C14H11N5O2. The van der Waals surface area contributed by atoms with Crippen molar-refractivity contribution in [2.75, 3.05) is 5.73 Å². The normalized spacial score (nSPS) is 16.5. The number of anilines is 1. The van der Waals surface area contributed by atoms with Crippen molar-refractivity contribution in [2.45, 2.75) is 12.5 Å². The standard InChI is InChI=1S/C14H11N5O2/c15-12-11(16-5-6-17-12)14-18-13(19-21-14)10-7-8-3-1-2-4-9(8)20-10/h1-6,10H,7H2,(H2,15,17). The maximum Gasteiger partial charge on any atom is 0.280 e. The molecule has 0 spiro atoms. The molecule has 104 valence electrons. The van der Waals surface area contributed by atoms with E-state index < -0.39 is 0 Å². The average Bonchev–Trinajstić information content (AvgIpc) is 3.14. The third kappa shape index (κ3) is 1.99. The summed E-state index contributed by atoms with van der Waals surface area (Å²) in [5, 5.41) is 3.96. The maximum absolute atomic E-state index is 5.82. The Morgan fingerprint density at radius 3 is 2.86 bits per heavy atom. The molecule has 1 atom stereocenters. The van der Waals surface area contributed by atoms with Gasteiger partial charge in [0.25, 0.3) is 5.89 Å². The fourth-order valence-corrected chi connectivity index (χ4v) is 2.30. The Morgan fingerprint density at radius 2 is 2.00 bits per heavy atom. The van der Waals surface area contributed by atoms with Gasteiger partial charge in [-0.15, -0.1) is 0 Å². The molecule has 7 heteroatoms. The highest BCUT2D eigenvalue weighted by Crippen LogP contribution is 2.35. The lowest BCUT2D eigenvalue weighted by Crippen LogP contribution is -2.05. The summed E-state index contributed by atoms with van der Waals surface area (Å²) in [7, 11) is 0. The molecule has 0 saturated carbocycles. The van der Waals surface area contributed by atoms with Gasteiger partial charge in [0, 0.05) is 18.8 Å². The molecule has 1 aromatic carbocycles. The largest absolute Gasteiger partial charge is 0.482 e. The number of para-hydroxylation sites is 1. The zero-order valence-corrected chi connectivity index (χ0v) is 10.9. The fourth-order valence-electron chi connectivity index (χ4n) is 2.30. The smallest absolute Gasteiger partial charge is 0.280 e. The zero-order chi connectivity index (χ0) is 14.2. The van der Waals surface area contributed by atoms with E-state index >= 15 is 0 Å². The van der Waals surface area contributed by atoms with Crippen LogP contribution in [0.1, 0.15) is 17.5 Å². The molecule has 2 aromatic heterocycles. The van der Waals surface area contributed by atoms with Crippen LogP contribution < -0.4 is 10.5 Å². The number of benzene rings is 1. The molecule has 3 aromatic rings. The highest BCUT2D eigenvalue weighted by Gasteiger charge is 2.28. The van der Waals surface area contributed by atoms with Crippen molar-refractivity contribution in [3.05, 3.63) is 48.0 Å². The second-order valence-corrected chi connectivity index (χ2v) is 4.67. The first-order chi connectivity index (χ1) is 10.3. The van der Waals surface area contributed by atoms with Gasteiger partial charge in [-0.05, 0) is 11.6 Å². The predicted octanol–water partition coefficient (Wildman–Crippen LogP) is 1.78. The van der Waals surface area contributed by atoms with E-state index in [-0.39, 0.29) is 17.8 Å². The van der Waals surface area contributed by atoms with Crippen LogP contribution in [-0.2, 0) is 6.42 Å². The SMILES string of the molecule is Nc1nccnc1-c1nc(C2Cc3ccccc3O2)no1. The second kappa shape index (κ2) is 4.55. The molecule has 7 nitrogen and oxygen atoms in total. The first-order valence-corrected chi connectivity index (χ1v) is 6.46. The molecule has 4 rings (SSSR count). The number of nitrogens with two attached hydrogens (primary N) is 1. The Bertz CT molecular complexity index is 776. The molecule has 21 heavy (non-hydrogen) atoms. The molecule has 0 bridgehead atoms. The Kier molecular flexibility index (Phi) is 2.56. The Labute approximate surface area is 119 Å². The number of hydrogen-bond donors (Lipinski definition) is 1. The van der Waals surface area contributed by atoms with E-state index in [2.05, 4.69) is 20.1 Å². The van der Waals surface area contributed by atoms with Gasteiger partial charge < -0.3 is 15.0 Å². The minimum absolute atomic E-state index is 0.246. The van der Waals surface area contributed by atoms with E-state index in [9.17, 15) is 0 Å². The summed E-state index contributed by atoms with van der Waals surface area (Å²) in [4.78, 5) is 12.4. The van der Waals surface area contributed by atoms with Gasteiger partial charge in [-0.25, -0.2) is 9.97 Å². The third-order valence-corrected chi connectivity index (χ3v) is 3.31. The summed E-state index contributed by atoms with van der Waals surface area (Å²) in [6, 6.07) is 7.86. The van der Waals surface area contributed by atoms with Crippen molar-refractivity contribution >= 4 is 5.82 Å². The predicted molar refractivity (Wildman–Crippen MR) is 73.3 cm³/mol. The van der Waals surface area contributed by atoms with Crippen LogP contribution in [0.2, 0.25) is 0 Å². The number of nitrogen functional groups attached to an aromatic ring is 1. The highest BCUT2D eigenvalue weighted by molar-refractivity contribution is 5.61. The van der Waals surface area contributed by atoms with Crippen LogP contribution in [0.25, 0.3) is 11.6 Å². The van der Waals surface area contributed by atoms with Gasteiger partial charge in [-0.1, -0.05) is 23.4 Å². The van der Waals surface area contributed by atoms with Crippen molar-refractivity contribution in [1.29, 1.82) is 0 Å². The number of fused-ring (bicyclic) bond motifs is 1. The first kappa shape index (κ1) is 11.8. The van der Waals surface area contributed by atoms with Crippen LogP contribution >= 0.6 is 0 Å². The molecule has 0 aliphatic carbocycles. The van der Waals surface area contributed by atoms with E-state index in [4.69, 9.17) is 15.0 Å². The summed E-state index contributed by atoms with van der Waals surface area (Å²) in [5.74, 6) is 1.83. The Morgan fingerprint density at radius 1 is 1.14 bits per heavy atom. The average molecular weight is 281 g/mol. The molecule has 1 aliphatic rings. The Hall–Kier alpha value is -2.96. The van der Waals surface area contributed by atoms with Crippen molar-refractivity contribution in [2.24, 2.45) is 0 Å². The summed E-state index contributed by atoms with van der Waals surface area (Å²) in [5.41, 5.74) is 7.27. The lowest BCUT2D eigenvalue weighted by atomic mass is 10.1. The Balaban J connectivity index is 1.63. The van der Waals surface area contributed by atoms with Gasteiger partial charge in [0.05, 0.1) is 0 Å². The summed E-state index contributed by atoms with van der Waals surface area (Å²) in [6.45, 7) is 0. The molecule has 0 amide bonds. The van der Waals surface area contributed by atoms with E-state index in [0.717, 1.165) is 11.3 Å². The van der Waals surface area contributed by atoms with Crippen LogP contribution in [-0.4, -0.2) is 20.1 Å². The van der Waals surface area contributed by atoms with Gasteiger partial charge in [0.1, 0.15) is 5.75 Å². The number of ether oxygens (including phenoxy) is 1. The van der Waals surface area contributed by atoms with Gasteiger partial charge in [-0.3, -0.25) is 0 Å². The summed E-state index contributed by atoms with van der Waals surface area (Å²) in [6.07, 6.45) is 3.49. The molecule has 3 heterocycles. The number of aromatic nitrogens is 4. The van der Waals surface area contributed by atoms with E-state index in [0.29, 0.717) is 17.9 Å². The third-order valence-electron chi connectivity index (χ3n) is 3.31. The topological polar surface area (TPSA) is 100.0 Å². The number of nitrogens with zero attached hydrogens (tertiary/aromatic N) is 4. The highest BCUT2D eigenvalue weighted by atomic mass is 16.5. The second-order valence-electron chi connectivity index (χ2n) is 4.67. The minimum atomic E-state index is -0.252. The van der Waals surface area contributed by atoms with Crippen LogP contribution in [0.15, 0.2) is 41.2 Å². The molecule has 1 aliphatic heterocycles. The van der Waals surface area contributed by atoms with Gasteiger partial charge >= 0.3 is 0 Å². The van der Waals surface area contributed by atoms with Gasteiger partial charge in [0.2, 0.25) is 5.82 Å². The summed E-state index contributed by atoms with van der Waals surface area (Å²) < 4.78 is 11.0. The monoisotopic (exact) mass is 281 g/mol. The quantitative estimate of drug-likeness (QED) is 0.764. The van der Waals surface area contributed by atoms with Crippen molar-refractivity contribution < 1.29 is 9.26 Å². The van der Waals surface area contributed by atoms with Crippen molar-refractivity contribution in [3.63, 3.8) is 0 Å². The zero-order valence-electron chi connectivity index (χ0n) is 10.9. The van der Waals surface area contributed by atoms with Crippen LogP contribution in [0.5, 0.6) is 5.75 Å².